The van der Waals surface area contributed by atoms with Gasteiger partial charge in [0.25, 0.3) is 17.7 Å². The second-order valence-electron chi connectivity index (χ2n) is 5.84. The van der Waals surface area contributed by atoms with Gasteiger partial charge < -0.3 is 14.8 Å². The summed E-state index contributed by atoms with van der Waals surface area (Å²) in [6.07, 6.45) is -1.06. The predicted molar refractivity (Wildman–Crippen MR) is 103 cm³/mol. The van der Waals surface area contributed by atoms with Crippen molar-refractivity contribution in [1.82, 2.24) is 16.2 Å². The highest BCUT2D eigenvalue weighted by atomic mass is 19.1. The van der Waals surface area contributed by atoms with Crippen LogP contribution in [0.25, 0.3) is 0 Å². The van der Waals surface area contributed by atoms with Crippen molar-refractivity contribution in [2.24, 2.45) is 0 Å². The van der Waals surface area contributed by atoms with E-state index in [-0.39, 0.29) is 17.9 Å². The van der Waals surface area contributed by atoms with E-state index >= 15 is 0 Å². The molecule has 0 aliphatic rings. The number of ether oxygens (including phenoxy) is 2. The lowest BCUT2D eigenvalue weighted by Crippen LogP contribution is -2.50. The molecule has 9 heteroatoms. The lowest BCUT2D eigenvalue weighted by molar-refractivity contribution is -0.132. The number of rotatable bonds is 8. The number of benzene rings is 2. The molecule has 0 radical (unpaired) electrons. The van der Waals surface area contributed by atoms with Crippen molar-refractivity contribution in [2.75, 3.05) is 13.2 Å². The molecule has 0 saturated heterocycles. The molecule has 0 aliphatic heterocycles. The smallest absolute Gasteiger partial charge is 0.279 e. The summed E-state index contributed by atoms with van der Waals surface area (Å²) in [5, 5.41) is 2.43. The van der Waals surface area contributed by atoms with Gasteiger partial charge in [0.15, 0.2) is 17.7 Å². The number of para-hydroxylation sites is 2. The summed E-state index contributed by atoms with van der Waals surface area (Å²) in [7, 11) is 0. The number of hydrazine groups is 1. The van der Waals surface area contributed by atoms with E-state index in [1.165, 1.54) is 25.1 Å². The SMILES string of the molecule is CCOc1ccccc1C(=O)NCC(=O)NNC(=O)[C@@H](C)Oc1ccccc1F. The van der Waals surface area contributed by atoms with Gasteiger partial charge >= 0.3 is 0 Å². The Morgan fingerprint density at radius 1 is 1.00 bits per heavy atom. The molecule has 1 atom stereocenters. The molecule has 8 nitrogen and oxygen atoms in total. The van der Waals surface area contributed by atoms with E-state index in [9.17, 15) is 18.8 Å². The third-order valence-corrected chi connectivity index (χ3v) is 3.68. The molecule has 0 fully saturated rings. The standard InChI is InChI=1S/C20H22FN3O5/c1-3-28-16-10-6-4-8-14(16)20(27)22-12-18(25)23-24-19(26)13(2)29-17-11-7-5-9-15(17)21/h4-11,13H,3,12H2,1-2H3,(H,22,27)(H,23,25)(H,24,26)/t13-/m1/s1. The Kier molecular flexibility index (Phi) is 7.96. The molecular formula is C20H22FN3O5. The highest BCUT2D eigenvalue weighted by Gasteiger charge is 2.18. The monoisotopic (exact) mass is 403 g/mol. The van der Waals surface area contributed by atoms with E-state index in [0.717, 1.165) is 0 Å². The zero-order valence-corrected chi connectivity index (χ0v) is 16.0. The van der Waals surface area contributed by atoms with Gasteiger partial charge in [0.2, 0.25) is 0 Å². The van der Waals surface area contributed by atoms with Gasteiger partial charge in [-0.15, -0.1) is 0 Å². The van der Waals surface area contributed by atoms with Crippen LogP contribution >= 0.6 is 0 Å². The molecule has 0 heterocycles. The number of halogens is 1. The normalized spacial score (nSPS) is 11.1. The fraction of sp³-hybridized carbons (Fsp3) is 0.250. The number of nitrogens with one attached hydrogen (secondary N) is 3. The van der Waals surface area contributed by atoms with Gasteiger partial charge in [-0.1, -0.05) is 24.3 Å². The average Bonchev–Trinajstić information content (AvgIpc) is 2.72. The molecule has 2 aromatic rings. The van der Waals surface area contributed by atoms with E-state index in [1.54, 1.807) is 37.3 Å². The minimum atomic E-state index is -1.06. The summed E-state index contributed by atoms with van der Waals surface area (Å²) in [5.41, 5.74) is 4.60. The van der Waals surface area contributed by atoms with Crippen LogP contribution in [0, 0.1) is 5.82 Å². The summed E-state index contributed by atoms with van der Waals surface area (Å²) < 4.78 is 24.1. The molecule has 0 aromatic heterocycles. The Labute approximate surface area is 167 Å². The molecule has 0 unspecified atom stereocenters. The summed E-state index contributed by atoms with van der Waals surface area (Å²) in [5.74, 6) is -2.12. The third kappa shape index (κ3) is 6.49. The minimum absolute atomic E-state index is 0.0818. The van der Waals surface area contributed by atoms with Gasteiger partial charge in [0.1, 0.15) is 5.75 Å². The van der Waals surface area contributed by atoms with E-state index in [1.807, 2.05) is 0 Å². The zero-order chi connectivity index (χ0) is 21.2. The molecule has 0 spiro atoms. The largest absolute Gasteiger partial charge is 0.493 e. The van der Waals surface area contributed by atoms with E-state index in [0.29, 0.717) is 12.4 Å². The number of hydrogen-bond acceptors (Lipinski definition) is 5. The third-order valence-electron chi connectivity index (χ3n) is 3.68. The zero-order valence-electron chi connectivity index (χ0n) is 16.0. The molecule has 0 saturated carbocycles. The highest BCUT2D eigenvalue weighted by molar-refractivity contribution is 5.98. The molecular weight excluding hydrogens is 381 g/mol. The van der Waals surface area contributed by atoms with Crippen molar-refractivity contribution in [2.45, 2.75) is 20.0 Å². The van der Waals surface area contributed by atoms with Crippen LogP contribution in [-0.4, -0.2) is 37.0 Å². The fourth-order valence-corrected chi connectivity index (χ4v) is 2.25. The Bertz CT molecular complexity index is 875. The van der Waals surface area contributed by atoms with Gasteiger partial charge in [-0.25, -0.2) is 4.39 Å². The van der Waals surface area contributed by atoms with Crippen LogP contribution in [0.5, 0.6) is 11.5 Å². The Hall–Kier alpha value is -3.62. The highest BCUT2D eigenvalue weighted by Crippen LogP contribution is 2.18. The van der Waals surface area contributed by atoms with Crippen molar-refractivity contribution < 1.29 is 28.2 Å². The second-order valence-corrected chi connectivity index (χ2v) is 5.84. The summed E-state index contributed by atoms with van der Waals surface area (Å²) in [6.45, 7) is 3.22. The molecule has 3 N–H and O–H groups in total. The number of carbonyl (C=O) groups is 3. The Morgan fingerprint density at radius 2 is 1.66 bits per heavy atom. The maximum Gasteiger partial charge on any atom is 0.279 e. The maximum atomic E-state index is 13.5. The molecule has 0 aliphatic carbocycles. The van der Waals surface area contributed by atoms with Crippen LogP contribution in [0.15, 0.2) is 48.5 Å². The first-order valence-corrected chi connectivity index (χ1v) is 8.92. The quantitative estimate of drug-likeness (QED) is 0.580. The molecule has 2 aromatic carbocycles. The minimum Gasteiger partial charge on any atom is -0.493 e. The Balaban J connectivity index is 1.78. The first kappa shape index (κ1) is 21.7. The van der Waals surface area contributed by atoms with Gasteiger partial charge in [0.05, 0.1) is 18.7 Å². The summed E-state index contributed by atoms with van der Waals surface area (Å²) in [6, 6.07) is 12.3. The average molecular weight is 403 g/mol. The first-order valence-electron chi connectivity index (χ1n) is 8.92. The summed E-state index contributed by atoms with van der Waals surface area (Å²) >= 11 is 0. The van der Waals surface area contributed by atoms with E-state index < -0.39 is 29.6 Å². The molecule has 0 bridgehead atoms. The lowest BCUT2D eigenvalue weighted by Gasteiger charge is -2.15. The van der Waals surface area contributed by atoms with Gasteiger partial charge in [-0.3, -0.25) is 25.2 Å². The topological polar surface area (TPSA) is 106 Å². The van der Waals surface area contributed by atoms with Crippen LogP contribution in [0.2, 0.25) is 0 Å². The lowest BCUT2D eigenvalue weighted by atomic mass is 10.2. The number of hydrogen-bond donors (Lipinski definition) is 3. The van der Waals surface area contributed by atoms with Crippen LogP contribution in [0.3, 0.4) is 0 Å². The van der Waals surface area contributed by atoms with Crippen LogP contribution in [-0.2, 0) is 9.59 Å². The summed E-state index contributed by atoms with van der Waals surface area (Å²) in [4.78, 5) is 36.0. The van der Waals surface area contributed by atoms with Crippen LogP contribution < -0.4 is 25.6 Å². The van der Waals surface area contributed by atoms with Crippen LogP contribution in [0.4, 0.5) is 4.39 Å². The van der Waals surface area contributed by atoms with Crippen LogP contribution in [0.1, 0.15) is 24.2 Å². The first-order chi connectivity index (χ1) is 13.9. The van der Waals surface area contributed by atoms with E-state index in [4.69, 9.17) is 9.47 Å². The maximum absolute atomic E-state index is 13.5. The Morgan fingerprint density at radius 3 is 2.34 bits per heavy atom. The second kappa shape index (κ2) is 10.6. The van der Waals surface area contributed by atoms with Gasteiger partial charge in [0, 0.05) is 0 Å². The van der Waals surface area contributed by atoms with Crippen molar-refractivity contribution in [3.63, 3.8) is 0 Å². The van der Waals surface area contributed by atoms with Gasteiger partial charge in [-0.05, 0) is 38.1 Å². The fourth-order valence-electron chi connectivity index (χ4n) is 2.25. The van der Waals surface area contributed by atoms with Crippen molar-refractivity contribution in [3.8, 4) is 11.5 Å². The molecule has 2 rings (SSSR count). The number of amides is 3. The van der Waals surface area contributed by atoms with E-state index in [2.05, 4.69) is 16.2 Å². The number of carbonyl (C=O) groups excluding carboxylic acids is 3. The van der Waals surface area contributed by atoms with Crippen molar-refractivity contribution >= 4 is 17.7 Å². The predicted octanol–water partition coefficient (Wildman–Crippen LogP) is 1.57. The molecule has 3 amide bonds. The molecule has 154 valence electrons. The molecule has 29 heavy (non-hydrogen) atoms. The van der Waals surface area contributed by atoms with Crippen molar-refractivity contribution in [3.05, 3.63) is 59.9 Å². The van der Waals surface area contributed by atoms with Gasteiger partial charge in [-0.2, -0.15) is 0 Å². The van der Waals surface area contributed by atoms with Crippen molar-refractivity contribution in [1.29, 1.82) is 0 Å².